The van der Waals surface area contributed by atoms with Crippen LogP contribution in [0.3, 0.4) is 0 Å². The van der Waals surface area contributed by atoms with E-state index in [0.717, 1.165) is 28.6 Å². The van der Waals surface area contributed by atoms with Crippen LogP contribution in [0.2, 0.25) is 10.0 Å². The summed E-state index contributed by atoms with van der Waals surface area (Å²) >= 11 is 12.3. The highest BCUT2D eigenvalue weighted by molar-refractivity contribution is 6.39. The normalized spacial score (nSPS) is 23.1. The molecule has 41 heavy (non-hydrogen) atoms. The molecule has 8 nitrogen and oxygen atoms in total. The van der Waals surface area contributed by atoms with E-state index < -0.39 is 53.6 Å². The zero-order chi connectivity index (χ0) is 30.3. The lowest BCUT2D eigenvalue weighted by Crippen LogP contribution is -2.45. The number of aliphatic carboxylic acids is 1. The van der Waals surface area contributed by atoms with Crippen LogP contribution in [0.4, 0.5) is 13.2 Å². The van der Waals surface area contributed by atoms with Gasteiger partial charge >= 0.3 is 12.1 Å². The van der Waals surface area contributed by atoms with Crippen molar-refractivity contribution in [2.24, 2.45) is 23.2 Å². The standard InChI is InChI=1S/C28H33Cl2F3N4O4/c1-27(2,3)17-8-15(9-17)13-36(14-22(38)23-20(29)11-34-12-21(23)30)25(39)19-10-35-37(24(19)28(31,32)33)18-6-4-16(5-7-18)26(40)41/h10-12,15-18H,4-9,13-14H2,1-3H3,(H,40,41)/t15-,16?,17-,18?. The maximum Gasteiger partial charge on any atom is 0.433 e. The van der Waals surface area contributed by atoms with Crippen molar-refractivity contribution < 1.29 is 32.7 Å². The van der Waals surface area contributed by atoms with E-state index in [4.69, 9.17) is 23.2 Å². The first-order valence-electron chi connectivity index (χ1n) is 13.6. The highest BCUT2D eigenvalue weighted by atomic mass is 35.5. The number of Topliss-reactive ketones (excluding diaryl/α,β-unsaturated/α-hetero) is 1. The second-order valence-corrected chi connectivity index (χ2v) is 13.0. The Morgan fingerprint density at radius 2 is 1.61 bits per heavy atom. The average molecular weight is 617 g/mol. The summed E-state index contributed by atoms with van der Waals surface area (Å²) in [5.74, 6) is -2.78. The van der Waals surface area contributed by atoms with Gasteiger partial charge < -0.3 is 10.0 Å². The molecule has 0 spiro atoms. The zero-order valence-electron chi connectivity index (χ0n) is 23.0. The molecule has 2 aliphatic carbocycles. The second kappa shape index (κ2) is 11.9. The summed E-state index contributed by atoms with van der Waals surface area (Å²) < 4.78 is 44.1. The number of amides is 1. The van der Waals surface area contributed by atoms with Gasteiger partial charge in [0.1, 0.15) is 0 Å². The highest BCUT2D eigenvalue weighted by Gasteiger charge is 2.44. The van der Waals surface area contributed by atoms with Gasteiger partial charge in [0.25, 0.3) is 5.91 Å². The minimum absolute atomic E-state index is 0.00929. The molecule has 2 fully saturated rings. The van der Waals surface area contributed by atoms with Gasteiger partial charge in [-0.1, -0.05) is 44.0 Å². The van der Waals surface area contributed by atoms with Crippen molar-refractivity contribution in [3.8, 4) is 0 Å². The van der Waals surface area contributed by atoms with Gasteiger partial charge in [0.2, 0.25) is 0 Å². The number of alkyl halides is 3. The number of carbonyl (C=O) groups excluding carboxylic acids is 2. The van der Waals surface area contributed by atoms with E-state index >= 15 is 0 Å². The molecule has 0 bridgehead atoms. The molecule has 0 atom stereocenters. The predicted octanol–water partition coefficient (Wildman–Crippen LogP) is 6.82. The number of rotatable bonds is 8. The van der Waals surface area contributed by atoms with Crippen LogP contribution in [0.5, 0.6) is 0 Å². The second-order valence-electron chi connectivity index (χ2n) is 12.2. The van der Waals surface area contributed by atoms with E-state index in [-0.39, 0.29) is 59.2 Å². The van der Waals surface area contributed by atoms with Crippen molar-refractivity contribution in [3.05, 3.63) is 45.5 Å². The molecular weight excluding hydrogens is 584 g/mol. The lowest BCUT2D eigenvalue weighted by molar-refractivity contribution is -0.147. The van der Waals surface area contributed by atoms with E-state index in [1.54, 1.807) is 0 Å². The van der Waals surface area contributed by atoms with Crippen LogP contribution in [0, 0.1) is 23.2 Å². The van der Waals surface area contributed by atoms with Gasteiger partial charge in [0.15, 0.2) is 11.5 Å². The Labute approximate surface area is 246 Å². The fourth-order valence-corrected chi connectivity index (χ4v) is 6.44. The number of nitrogens with zero attached hydrogens (tertiary/aromatic N) is 4. The van der Waals surface area contributed by atoms with E-state index in [0.29, 0.717) is 5.92 Å². The van der Waals surface area contributed by atoms with Gasteiger partial charge in [-0.3, -0.25) is 24.0 Å². The molecule has 224 valence electrons. The molecule has 2 aromatic heterocycles. The Balaban J connectivity index is 1.64. The summed E-state index contributed by atoms with van der Waals surface area (Å²) in [5.41, 5.74) is -1.85. The van der Waals surface area contributed by atoms with E-state index in [2.05, 4.69) is 30.9 Å². The first-order chi connectivity index (χ1) is 19.1. The van der Waals surface area contributed by atoms with E-state index in [1.807, 2.05) is 0 Å². The third-order valence-electron chi connectivity index (χ3n) is 8.38. The molecule has 1 amide bonds. The monoisotopic (exact) mass is 616 g/mol. The van der Waals surface area contributed by atoms with Crippen molar-refractivity contribution in [1.82, 2.24) is 19.7 Å². The average Bonchev–Trinajstić information content (AvgIpc) is 3.30. The molecule has 2 heterocycles. The SMILES string of the molecule is CC(C)(C)[C@H]1C[C@H](CN(CC(=O)c2c(Cl)cncc2Cl)C(=O)c2cnn(C3CCC(C(=O)O)CC3)c2C(F)(F)F)C1. The molecule has 2 aromatic rings. The van der Waals surface area contributed by atoms with Crippen molar-refractivity contribution in [2.75, 3.05) is 13.1 Å². The van der Waals surface area contributed by atoms with Crippen LogP contribution >= 0.6 is 23.2 Å². The number of carboxylic acids is 1. The number of aromatic nitrogens is 3. The Morgan fingerprint density at radius 3 is 2.12 bits per heavy atom. The van der Waals surface area contributed by atoms with Gasteiger partial charge in [-0.15, -0.1) is 0 Å². The third kappa shape index (κ3) is 6.88. The Bertz CT molecular complexity index is 1290. The van der Waals surface area contributed by atoms with Gasteiger partial charge in [-0.2, -0.15) is 18.3 Å². The van der Waals surface area contributed by atoms with Crippen molar-refractivity contribution in [3.63, 3.8) is 0 Å². The van der Waals surface area contributed by atoms with Gasteiger partial charge in [0.05, 0.1) is 45.9 Å². The summed E-state index contributed by atoms with van der Waals surface area (Å²) in [5, 5.41) is 13.2. The largest absolute Gasteiger partial charge is 0.481 e. The minimum Gasteiger partial charge on any atom is -0.481 e. The number of hydrogen-bond acceptors (Lipinski definition) is 5. The van der Waals surface area contributed by atoms with Crippen molar-refractivity contribution >= 4 is 40.9 Å². The predicted molar refractivity (Wildman–Crippen MR) is 146 cm³/mol. The Hall–Kier alpha value is -2.66. The van der Waals surface area contributed by atoms with Crippen LogP contribution in [0.15, 0.2) is 18.6 Å². The molecule has 0 aliphatic heterocycles. The number of hydrogen-bond donors (Lipinski definition) is 1. The molecule has 1 N–H and O–H groups in total. The first kappa shape index (κ1) is 31.3. The smallest absolute Gasteiger partial charge is 0.433 e. The van der Waals surface area contributed by atoms with Crippen LogP contribution < -0.4 is 0 Å². The fraction of sp³-hybridized carbons (Fsp3) is 0.607. The summed E-state index contributed by atoms with van der Waals surface area (Å²) in [6, 6.07) is -0.701. The molecule has 4 rings (SSSR count). The summed E-state index contributed by atoms with van der Waals surface area (Å²) in [6.45, 7) is 5.90. The Kier molecular flexibility index (Phi) is 9.09. The summed E-state index contributed by atoms with van der Waals surface area (Å²) in [4.78, 5) is 43.4. The number of carboxylic acid groups (broad SMARTS) is 1. The quantitative estimate of drug-likeness (QED) is 0.326. The van der Waals surface area contributed by atoms with Gasteiger partial charge in [-0.25, -0.2) is 0 Å². The van der Waals surface area contributed by atoms with Crippen molar-refractivity contribution in [1.29, 1.82) is 0 Å². The maximum atomic E-state index is 14.4. The third-order valence-corrected chi connectivity index (χ3v) is 8.95. The number of ketones is 1. The van der Waals surface area contributed by atoms with Gasteiger partial charge in [0, 0.05) is 18.9 Å². The fourth-order valence-electron chi connectivity index (χ4n) is 5.87. The van der Waals surface area contributed by atoms with E-state index in [1.165, 1.54) is 12.4 Å². The molecule has 13 heteroatoms. The maximum absolute atomic E-state index is 14.4. The highest BCUT2D eigenvalue weighted by Crippen LogP contribution is 2.46. The molecule has 2 aliphatic rings. The minimum atomic E-state index is -4.91. The number of pyridine rings is 1. The first-order valence-corrected chi connectivity index (χ1v) is 14.3. The van der Waals surface area contributed by atoms with Crippen molar-refractivity contribution in [2.45, 2.75) is 71.5 Å². The molecule has 2 saturated carbocycles. The molecule has 0 radical (unpaired) electrons. The lowest BCUT2D eigenvalue weighted by atomic mass is 9.63. The van der Waals surface area contributed by atoms with E-state index in [9.17, 15) is 32.7 Å². The van der Waals surface area contributed by atoms with Crippen LogP contribution in [-0.2, 0) is 11.0 Å². The summed E-state index contributed by atoms with van der Waals surface area (Å²) in [7, 11) is 0. The Morgan fingerprint density at radius 1 is 1.02 bits per heavy atom. The molecule has 0 saturated heterocycles. The zero-order valence-corrected chi connectivity index (χ0v) is 24.6. The molecular formula is C28H33Cl2F3N4O4. The lowest BCUT2D eigenvalue weighted by Gasteiger charge is -2.45. The van der Waals surface area contributed by atoms with Gasteiger partial charge in [-0.05, 0) is 55.8 Å². The van der Waals surface area contributed by atoms with Crippen LogP contribution in [-0.4, -0.2) is 55.5 Å². The molecule has 0 unspecified atom stereocenters. The molecule has 0 aromatic carbocycles. The number of carbonyl (C=O) groups is 3. The van der Waals surface area contributed by atoms with Crippen LogP contribution in [0.25, 0.3) is 0 Å². The number of halogens is 5. The van der Waals surface area contributed by atoms with Crippen LogP contribution in [0.1, 0.15) is 91.7 Å². The summed E-state index contributed by atoms with van der Waals surface area (Å²) in [6.07, 6.45) is 0.807. The topological polar surface area (TPSA) is 105 Å².